The Kier molecular flexibility index (Phi) is 3.96. The molecule has 1 fully saturated rings. The molecule has 0 spiro atoms. The fourth-order valence-corrected chi connectivity index (χ4v) is 3.68. The number of carbonyl (C=O) groups excluding carboxylic acids is 1. The number of carbonyl (C=O) groups is 1. The molecule has 6 nitrogen and oxygen atoms in total. The van der Waals surface area contributed by atoms with Gasteiger partial charge in [-0.1, -0.05) is 0 Å². The van der Waals surface area contributed by atoms with Gasteiger partial charge in [0.1, 0.15) is 5.82 Å². The second-order valence-electron chi connectivity index (χ2n) is 4.76. The van der Waals surface area contributed by atoms with Crippen LogP contribution in [0.5, 0.6) is 0 Å². The van der Waals surface area contributed by atoms with Crippen molar-refractivity contribution in [1.82, 2.24) is 4.31 Å². The predicted molar refractivity (Wildman–Crippen MR) is 71.5 cm³/mol. The van der Waals surface area contributed by atoms with Crippen molar-refractivity contribution in [3.8, 4) is 0 Å². The van der Waals surface area contributed by atoms with Gasteiger partial charge in [-0.15, -0.1) is 0 Å². The van der Waals surface area contributed by atoms with Gasteiger partial charge in [0.25, 0.3) is 0 Å². The van der Waals surface area contributed by atoms with Crippen molar-refractivity contribution in [1.29, 1.82) is 0 Å². The number of anilines is 1. The minimum Gasteiger partial charge on any atom is -0.396 e. The Morgan fingerprint density at radius 1 is 1.30 bits per heavy atom. The maximum Gasteiger partial charge on any atom is 0.243 e. The number of nitrogen functional groups attached to an aromatic ring is 1. The molecule has 1 saturated heterocycles. The zero-order chi connectivity index (χ0) is 14.9. The molecule has 0 unspecified atom stereocenters. The maximum atomic E-state index is 13.4. The molecule has 0 atom stereocenters. The lowest BCUT2D eigenvalue weighted by Crippen LogP contribution is -2.41. The Bertz CT molecular complexity index is 625. The number of piperidine rings is 1. The van der Waals surface area contributed by atoms with Crippen LogP contribution in [-0.4, -0.2) is 31.7 Å². The van der Waals surface area contributed by atoms with E-state index in [0.29, 0.717) is 12.8 Å². The molecule has 0 aromatic heterocycles. The van der Waals surface area contributed by atoms with Gasteiger partial charge in [0, 0.05) is 19.0 Å². The van der Waals surface area contributed by atoms with Gasteiger partial charge in [-0.25, -0.2) is 12.8 Å². The van der Waals surface area contributed by atoms with Crippen molar-refractivity contribution in [3.63, 3.8) is 0 Å². The molecule has 0 radical (unpaired) electrons. The van der Waals surface area contributed by atoms with Gasteiger partial charge in [0.05, 0.1) is 10.6 Å². The highest BCUT2D eigenvalue weighted by Gasteiger charge is 2.31. The van der Waals surface area contributed by atoms with E-state index in [0.717, 1.165) is 6.07 Å². The smallest absolute Gasteiger partial charge is 0.243 e. The summed E-state index contributed by atoms with van der Waals surface area (Å²) in [6.45, 7) is 0.393. The van der Waals surface area contributed by atoms with Crippen LogP contribution in [-0.2, 0) is 14.8 Å². The molecule has 1 aliphatic rings. The lowest BCUT2D eigenvalue weighted by atomic mass is 9.98. The average Bonchev–Trinajstić information content (AvgIpc) is 2.41. The summed E-state index contributed by atoms with van der Waals surface area (Å²) in [5.74, 6) is -1.48. The van der Waals surface area contributed by atoms with Crippen molar-refractivity contribution in [2.75, 3.05) is 18.8 Å². The van der Waals surface area contributed by atoms with E-state index in [2.05, 4.69) is 0 Å². The molecule has 2 rings (SSSR count). The number of rotatable bonds is 3. The highest BCUT2D eigenvalue weighted by molar-refractivity contribution is 7.89. The minimum atomic E-state index is -3.76. The van der Waals surface area contributed by atoms with Crippen molar-refractivity contribution in [2.24, 2.45) is 11.7 Å². The second kappa shape index (κ2) is 5.37. The number of sulfonamides is 1. The number of amides is 1. The summed E-state index contributed by atoms with van der Waals surface area (Å²) in [7, 11) is -3.76. The fourth-order valence-electron chi connectivity index (χ4n) is 2.20. The molecule has 0 saturated carbocycles. The molecule has 1 aromatic rings. The molecule has 110 valence electrons. The topological polar surface area (TPSA) is 106 Å². The Hall–Kier alpha value is -1.67. The van der Waals surface area contributed by atoms with E-state index in [4.69, 9.17) is 11.5 Å². The lowest BCUT2D eigenvalue weighted by molar-refractivity contribution is -0.122. The summed E-state index contributed by atoms with van der Waals surface area (Å²) in [5, 5.41) is 0. The number of benzene rings is 1. The first kappa shape index (κ1) is 14.7. The molecule has 1 heterocycles. The third-order valence-electron chi connectivity index (χ3n) is 3.47. The van der Waals surface area contributed by atoms with E-state index in [1.54, 1.807) is 0 Å². The van der Waals surface area contributed by atoms with Crippen molar-refractivity contribution in [2.45, 2.75) is 17.7 Å². The van der Waals surface area contributed by atoms with Gasteiger partial charge in [-0.05, 0) is 31.0 Å². The van der Waals surface area contributed by atoms with Crippen LogP contribution in [0.25, 0.3) is 0 Å². The van der Waals surface area contributed by atoms with Gasteiger partial charge in [0.2, 0.25) is 15.9 Å². The Morgan fingerprint density at radius 3 is 2.40 bits per heavy atom. The van der Waals surface area contributed by atoms with E-state index in [1.807, 2.05) is 0 Å². The van der Waals surface area contributed by atoms with Gasteiger partial charge in [-0.3, -0.25) is 4.79 Å². The standard InChI is InChI=1S/C12H16FN3O3S/c13-10-7-9(1-2-11(10)14)20(18,19)16-5-3-8(4-6-16)12(15)17/h1-2,7-8H,3-6,14H2,(H2,15,17). The summed E-state index contributed by atoms with van der Waals surface area (Å²) in [4.78, 5) is 10.9. The van der Waals surface area contributed by atoms with E-state index in [9.17, 15) is 17.6 Å². The summed E-state index contributed by atoms with van der Waals surface area (Å²) in [6.07, 6.45) is 0.762. The summed E-state index contributed by atoms with van der Waals surface area (Å²) in [5.41, 5.74) is 10.4. The van der Waals surface area contributed by atoms with Crippen LogP contribution >= 0.6 is 0 Å². The van der Waals surface area contributed by atoms with Crippen LogP contribution in [0.2, 0.25) is 0 Å². The van der Waals surface area contributed by atoms with Crippen molar-refractivity contribution < 1.29 is 17.6 Å². The van der Waals surface area contributed by atoms with E-state index >= 15 is 0 Å². The normalized spacial score (nSPS) is 18.1. The molecule has 1 aliphatic heterocycles. The van der Waals surface area contributed by atoms with E-state index in [1.165, 1.54) is 16.4 Å². The lowest BCUT2D eigenvalue weighted by Gasteiger charge is -2.29. The van der Waals surface area contributed by atoms with Gasteiger partial charge in [-0.2, -0.15) is 4.31 Å². The van der Waals surface area contributed by atoms with E-state index in [-0.39, 0.29) is 29.6 Å². The molecule has 4 N–H and O–H groups in total. The minimum absolute atomic E-state index is 0.101. The van der Waals surface area contributed by atoms with Crippen LogP contribution in [0.3, 0.4) is 0 Å². The molecule has 8 heteroatoms. The Balaban J connectivity index is 2.19. The maximum absolute atomic E-state index is 13.4. The molecular weight excluding hydrogens is 285 g/mol. The quantitative estimate of drug-likeness (QED) is 0.783. The van der Waals surface area contributed by atoms with Gasteiger partial charge < -0.3 is 11.5 Å². The Labute approximate surface area is 116 Å². The average molecular weight is 301 g/mol. The van der Waals surface area contributed by atoms with Crippen LogP contribution in [0.15, 0.2) is 23.1 Å². The van der Waals surface area contributed by atoms with Crippen LogP contribution in [0.1, 0.15) is 12.8 Å². The highest BCUT2D eigenvalue weighted by atomic mass is 32.2. The zero-order valence-corrected chi connectivity index (χ0v) is 11.6. The van der Waals surface area contributed by atoms with Crippen molar-refractivity contribution in [3.05, 3.63) is 24.0 Å². The number of hydrogen-bond donors (Lipinski definition) is 2. The summed E-state index contributed by atoms with van der Waals surface area (Å²) < 4.78 is 39.3. The fraction of sp³-hybridized carbons (Fsp3) is 0.417. The summed E-state index contributed by atoms with van der Waals surface area (Å²) >= 11 is 0. The number of hydrogen-bond acceptors (Lipinski definition) is 4. The molecule has 1 aromatic carbocycles. The Morgan fingerprint density at radius 2 is 1.90 bits per heavy atom. The zero-order valence-electron chi connectivity index (χ0n) is 10.8. The number of nitrogens with two attached hydrogens (primary N) is 2. The predicted octanol–water partition coefficient (Wildman–Crippen LogP) is 0.294. The summed E-state index contributed by atoms with van der Waals surface area (Å²) in [6, 6.07) is 3.40. The largest absolute Gasteiger partial charge is 0.396 e. The van der Waals surface area contributed by atoms with Crippen LogP contribution in [0, 0.1) is 11.7 Å². The van der Waals surface area contributed by atoms with Gasteiger partial charge >= 0.3 is 0 Å². The number of primary amides is 1. The molecule has 1 amide bonds. The molecule has 20 heavy (non-hydrogen) atoms. The molecular formula is C12H16FN3O3S. The first-order valence-corrected chi connectivity index (χ1v) is 7.61. The molecule has 0 bridgehead atoms. The third kappa shape index (κ3) is 2.75. The third-order valence-corrected chi connectivity index (χ3v) is 5.36. The first-order chi connectivity index (χ1) is 9.32. The SMILES string of the molecule is NC(=O)C1CCN(S(=O)(=O)c2ccc(N)c(F)c2)CC1. The highest BCUT2D eigenvalue weighted by Crippen LogP contribution is 2.25. The molecule has 0 aliphatic carbocycles. The first-order valence-electron chi connectivity index (χ1n) is 6.17. The monoisotopic (exact) mass is 301 g/mol. The van der Waals surface area contributed by atoms with Gasteiger partial charge in [0.15, 0.2) is 0 Å². The van der Waals surface area contributed by atoms with Crippen LogP contribution < -0.4 is 11.5 Å². The van der Waals surface area contributed by atoms with Crippen molar-refractivity contribution >= 4 is 21.6 Å². The number of nitrogens with zero attached hydrogens (tertiary/aromatic N) is 1. The number of halogens is 1. The van der Waals surface area contributed by atoms with Crippen LogP contribution in [0.4, 0.5) is 10.1 Å². The second-order valence-corrected chi connectivity index (χ2v) is 6.70. The van der Waals surface area contributed by atoms with E-state index < -0.39 is 21.7 Å².